The van der Waals surface area contributed by atoms with Gasteiger partial charge in [-0.15, -0.1) is 0 Å². The van der Waals surface area contributed by atoms with Crippen molar-refractivity contribution in [3.8, 4) is 0 Å². The summed E-state index contributed by atoms with van der Waals surface area (Å²) in [6.07, 6.45) is 1.57. The third kappa shape index (κ3) is 3.84. The van der Waals surface area contributed by atoms with Gasteiger partial charge in [0.2, 0.25) is 5.78 Å². The van der Waals surface area contributed by atoms with Gasteiger partial charge in [-0.05, 0) is 54.8 Å². The van der Waals surface area contributed by atoms with Crippen molar-refractivity contribution in [2.24, 2.45) is 0 Å². The summed E-state index contributed by atoms with van der Waals surface area (Å²) >= 11 is 0. The number of ketones is 1. The first kappa shape index (κ1) is 19.1. The van der Waals surface area contributed by atoms with Gasteiger partial charge in [0.1, 0.15) is 17.3 Å². The van der Waals surface area contributed by atoms with E-state index in [0.717, 1.165) is 25.5 Å². The van der Waals surface area contributed by atoms with Crippen molar-refractivity contribution in [3.63, 3.8) is 0 Å². The SMILES string of the molecule is Cc1cccc(C)c1C1CN(c2cccc(C(=O)c3cccnc3N)n2)CCN1.[HH].[HH].[HH]. The predicted octanol–water partition coefficient (Wildman–Crippen LogP) is 3.80. The van der Waals surface area contributed by atoms with Crippen molar-refractivity contribution in [2.75, 3.05) is 30.3 Å². The summed E-state index contributed by atoms with van der Waals surface area (Å²) in [5, 5.41) is 3.63. The van der Waals surface area contributed by atoms with Crippen LogP contribution >= 0.6 is 0 Å². The molecule has 1 aliphatic heterocycles. The fraction of sp³-hybridized carbons (Fsp3) is 0.261. The molecule has 3 heterocycles. The molecule has 0 saturated carbocycles. The van der Waals surface area contributed by atoms with Crippen LogP contribution in [0.4, 0.5) is 11.6 Å². The number of benzene rings is 1. The molecule has 0 bridgehead atoms. The highest BCUT2D eigenvalue weighted by Crippen LogP contribution is 2.26. The summed E-state index contributed by atoms with van der Waals surface area (Å²) in [6.45, 7) is 6.79. The molecule has 1 aromatic carbocycles. The largest absolute Gasteiger partial charge is 0.383 e. The number of rotatable bonds is 4. The van der Waals surface area contributed by atoms with E-state index in [0.29, 0.717) is 11.3 Å². The highest BCUT2D eigenvalue weighted by atomic mass is 16.1. The molecule has 1 unspecified atom stereocenters. The Morgan fingerprint density at radius 3 is 2.66 bits per heavy atom. The molecular formula is C23H31N5O. The number of piperazine rings is 1. The lowest BCUT2D eigenvalue weighted by Crippen LogP contribution is -2.46. The molecule has 0 aliphatic carbocycles. The molecular weight excluding hydrogens is 362 g/mol. The van der Waals surface area contributed by atoms with Crippen molar-refractivity contribution in [2.45, 2.75) is 19.9 Å². The summed E-state index contributed by atoms with van der Waals surface area (Å²) in [7, 11) is 0. The van der Waals surface area contributed by atoms with Crippen molar-refractivity contribution in [1.82, 2.24) is 15.3 Å². The van der Waals surface area contributed by atoms with Crippen LogP contribution in [0.2, 0.25) is 0 Å². The third-order valence-electron chi connectivity index (χ3n) is 5.44. The molecule has 0 radical (unpaired) electrons. The van der Waals surface area contributed by atoms with E-state index in [4.69, 9.17) is 5.73 Å². The fourth-order valence-electron chi connectivity index (χ4n) is 4.00. The molecule has 0 spiro atoms. The second kappa shape index (κ2) is 8.01. The van der Waals surface area contributed by atoms with Gasteiger partial charge in [0.05, 0.1) is 11.6 Å². The number of hydrogen-bond acceptors (Lipinski definition) is 6. The molecule has 6 heteroatoms. The number of carbonyl (C=O) groups excluding carboxylic acids is 1. The van der Waals surface area contributed by atoms with E-state index in [9.17, 15) is 4.79 Å². The topological polar surface area (TPSA) is 84.1 Å². The normalized spacial score (nSPS) is 16.6. The number of nitrogen functional groups attached to an aromatic ring is 1. The number of nitrogens with two attached hydrogens (primary N) is 1. The minimum Gasteiger partial charge on any atom is -0.383 e. The molecule has 154 valence electrons. The Kier molecular flexibility index (Phi) is 5.27. The average molecular weight is 394 g/mol. The molecule has 29 heavy (non-hydrogen) atoms. The minimum absolute atomic E-state index is 0. The van der Waals surface area contributed by atoms with Gasteiger partial charge in [-0.3, -0.25) is 4.79 Å². The lowest BCUT2D eigenvalue weighted by molar-refractivity contribution is 0.103. The molecule has 6 nitrogen and oxygen atoms in total. The Morgan fingerprint density at radius 2 is 1.90 bits per heavy atom. The van der Waals surface area contributed by atoms with E-state index < -0.39 is 0 Å². The van der Waals surface area contributed by atoms with Gasteiger partial charge < -0.3 is 16.0 Å². The lowest BCUT2D eigenvalue weighted by Gasteiger charge is -2.36. The monoisotopic (exact) mass is 393 g/mol. The smallest absolute Gasteiger partial charge is 0.215 e. The number of hydrogen-bond donors (Lipinski definition) is 2. The van der Waals surface area contributed by atoms with Gasteiger partial charge >= 0.3 is 0 Å². The van der Waals surface area contributed by atoms with Crippen LogP contribution in [-0.2, 0) is 0 Å². The van der Waals surface area contributed by atoms with Crippen LogP contribution in [0, 0.1) is 13.8 Å². The van der Waals surface area contributed by atoms with Crippen molar-refractivity contribution in [3.05, 3.63) is 82.7 Å². The Morgan fingerprint density at radius 1 is 1.14 bits per heavy atom. The first-order valence-corrected chi connectivity index (χ1v) is 9.81. The number of aromatic nitrogens is 2. The molecule has 3 aromatic rings. The summed E-state index contributed by atoms with van der Waals surface area (Å²) in [5.74, 6) is 0.817. The molecule has 4 rings (SSSR count). The Bertz CT molecular complexity index is 1040. The highest BCUT2D eigenvalue weighted by Gasteiger charge is 2.25. The minimum atomic E-state index is -0.209. The van der Waals surface area contributed by atoms with Gasteiger partial charge in [0.15, 0.2) is 0 Å². The first-order chi connectivity index (χ1) is 14.0. The van der Waals surface area contributed by atoms with Gasteiger partial charge in [-0.2, -0.15) is 0 Å². The predicted molar refractivity (Wildman–Crippen MR) is 122 cm³/mol. The molecule has 1 fully saturated rings. The van der Waals surface area contributed by atoms with Gasteiger partial charge in [0.25, 0.3) is 0 Å². The van der Waals surface area contributed by atoms with Gasteiger partial charge in [-0.25, -0.2) is 9.97 Å². The number of aryl methyl sites for hydroxylation is 2. The van der Waals surface area contributed by atoms with Crippen LogP contribution in [0.5, 0.6) is 0 Å². The van der Waals surface area contributed by atoms with E-state index in [1.807, 2.05) is 12.1 Å². The first-order valence-electron chi connectivity index (χ1n) is 9.81. The molecule has 2 aromatic heterocycles. The van der Waals surface area contributed by atoms with Crippen LogP contribution in [0.1, 0.15) is 43.1 Å². The van der Waals surface area contributed by atoms with Crippen LogP contribution < -0.4 is 16.0 Å². The second-order valence-electron chi connectivity index (χ2n) is 7.40. The standard InChI is InChI=1S/C23H25N5O.3H2/c1-15-6-3-7-16(2)21(15)19-14-28(13-12-25-19)20-10-4-9-18(27-20)22(29)17-8-5-11-26-23(17)24;;;/h3-11,19,25H,12-14H2,1-2H3,(H2,24,26);3*1H. The fourth-order valence-corrected chi connectivity index (χ4v) is 4.00. The molecule has 3 N–H and O–H groups in total. The Balaban J connectivity index is 0.00000171. The summed E-state index contributed by atoms with van der Waals surface area (Å²) in [5.41, 5.74) is 10.5. The molecule has 1 aliphatic rings. The average Bonchev–Trinajstić information content (AvgIpc) is 2.74. The van der Waals surface area contributed by atoms with Crippen LogP contribution in [0.25, 0.3) is 0 Å². The van der Waals surface area contributed by atoms with E-state index in [1.54, 1.807) is 24.4 Å². The van der Waals surface area contributed by atoms with Crippen LogP contribution in [0.15, 0.2) is 54.7 Å². The van der Waals surface area contributed by atoms with E-state index in [2.05, 4.69) is 52.2 Å². The highest BCUT2D eigenvalue weighted by molar-refractivity contribution is 6.10. The third-order valence-corrected chi connectivity index (χ3v) is 5.44. The number of anilines is 2. The number of nitrogens with zero attached hydrogens (tertiary/aromatic N) is 3. The lowest BCUT2D eigenvalue weighted by atomic mass is 9.94. The van der Waals surface area contributed by atoms with E-state index in [1.165, 1.54) is 16.7 Å². The number of nitrogens with one attached hydrogen (secondary N) is 1. The summed E-state index contributed by atoms with van der Waals surface area (Å²) in [6, 6.07) is 15.6. The second-order valence-corrected chi connectivity index (χ2v) is 7.40. The Hall–Kier alpha value is -3.25. The van der Waals surface area contributed by atoms with Crippen LogP contribution in [0.3, 0.4) is 0 Å². The zero-order chi connectivity index (χ0) is 20.4. The van der Waals surface area contributed by atoms with E-state index in [-0.39, 0.29) is 21.9 Å². The maximum Gasteiger partial charge on any atom is 0.215 e. The molecule has 1 saturated heterocycles. The zero-order valence-corrected chi connectivity index (χ0v) is 16.7. The van der Waals surface area contributed by atoms with Gasteiger partial charge in [0, 0.05) is 30.1 Å². The van der Waals surface area contributed by atoms with Gasteiger partial charge in [-0.1, -0.05) is 24.3 Å². The summed E-state index contributed by atoms with van der Waals surface area (Å²) in [4.78, 5) is 23.8. The Labute approximate surface area is 175 Å². The molecule has 1 atom stereocenters. The number of carbonyl (C=O) groups is 1. The quantitative estimate of drug-likeness (QED) is 0.656. The van der Waals surface area contributed by atoms with Crippen LogP contribution in [-0.4, -0.2) is 35.4 Å². The maximum atomic E-state index is 12.9. The van der Waals surface area contributed by atoms with E-state index >= 15 is 0 Å². The molecule has 0 amide bonds. The summed E-state index contributed by atoms with van der Waals surface area (Å²) < 4.78 is 0. The van der Waals surface area contributed by atoms with Crippen molar-refractivity contribution in [1.29, 1.82) is 0 Å². The number of pyridine rings is 2. The maximum absolute atomic E-state index is 12.9. The van der Waals surface area contributed by atoms with Crippen molar-refractivity contribution < 1.29 is 9.07 Å². The van der Waals surface area contributed by atoms with Crippen molar-refractivity contribution >= 4 is 17.4 Å². The zero-order valence-electron chi connectivity index (χ0n) is 16.7.